The summed E-state index contributed by atoms with van der Waals surface area (Å²) in [6, 6.07) is 24.1. The molecular weight excluding hydrogens is 560 g/mol. The minimum atomic E-state index is -1.60. The number of ether oxygens (including phenoxy) is 5. The number of carbonyl (C=O) groups excluding carboxylic acids is 3. The van der Waals surface area contributed by atoms with Crippen LogP contribution in [0.2, 0.25) is 0 Å². The van der Waals surface area contributed by atoms with Gasteiger partial charge < -0.3 is 28.7 Å². The van der Waals surface area contributed by atoms with Gasteiger partial charge in [-0.15, -0.1) is 0 Å². The van der Waals surface area contributed by atoms with Crippen LogP contribution in [0.5, 0.6) is 5.75 Å². The largest absolute Gasteiger partial charge is 0.490 e. The van der Waals surface area contributed by atoms with Gasteiger partial charge in [-0.3, -0.25) is 4.79 Å². The summed E-state index contributed by atoms with van der Waals surface area (Å²) in [7, 11) is 1.23. The quantitative estimate of drug-likeness (QED) is 0.229. The van der Waals surface area contributed by atoms with Crippen molar-refractivity contribution < 1.29 is 38.1 Å². The highest BCUT2D eigenvalue weighted by molar-refractivity contribution is 5.91. The minimum absolute atomic E-state index is 0.153. The SMILES string of the molecule is COc1c[nH]c(=O)n([C@@H]2O[C@H](COC(=O)c3ccccc3)[C@@H](OC(=O)c3ccccc3)[C@H]2OC(=O)c2ccccc2)c1=O. The summed E-state index contributed by atoms with van der Waals surface area (Å²) in [5.74, 6) is -2.57. The van der Waals surface area contributed by atoms with Crippen LogP contribution in [0.1, 0.15) is 37.3 Å². The van der Waals surface area contributed by atoms with Gasteiger partial charge in [0.05, 0.1) is 30.0 Å². The van der Waals surface area contributed by atoms with E-state index in [0.29, 0.717) is 4.57 Å². The van der Waals surface area contributed by atoms with Crippen LogP contribution in [0.25, 0.3) is 0 Å². The number of hydrogen-bond acceptors (Lipinski definition) is 10. The highest BCUT2D eigenvalue weighted by atomic mass is 16.7. The third-order valence-electron chi connectivity index (χ3n) is 6.63. The summed E-state index contributed by atoms with van der Waals surface area (Å²) in [6.07, 6.45) is -4.75. The Labute approximate surface area is 244 Å². The van der Waals surface area contributed by atoms with E-state index < -0.39 is 60.3 Å². The topological polar surface area (TPSA) is 152 Å². The third-order valence-corrected chi connectivity index (χ3v) is 6.63. The first-order chi connectivity index (χ1) is 20.9. The number of nitrogens with one attached hydrogen (secondary N) is 1. The molecule has 0 spiro atoms. The second-order valence-electron chi connectivity index (χ2n) is 9.34. The Morgan fingerprint density at radius 2 is 1.23 bits per heavy atom. The molecule has 0 radical (unpaired) electrons. The third kappa shape index (κ3) is 6.39. The molecule has 1 aromatic heterocycles. The molecule has 1 aliphatic heterocycles. The number of rotatable bonds is 9. The van der Waals surface area contributed by atoms with Crippen LogP contribution in [0, 0.1) is 0 Å². The molecule has 2 heterocycles. The molecule has 12 nitrogen and oxygen atoms in total. The molecule has 220 valence electrons. The first-order valence-corrected chi connectivity index (χ1v) is 13.1. The highest BCUT2D eigenvalue weighted by Gasteiger charge is 2.52. The van der Waals surface area contributed by atoms with E-state index in [4.69, 9.17) is 23.7 Å². The van der Waals surface area contributed by atoms with Crippen LogP contribution in [-0.4, -0.2) is 59.5 Å². The maximum absolute atomic E-state index is 13.2. The van der Waals surface area contributed by atoms with Crippen LogP contribution in [-0.2, 0) is 18.9 Å². The first-order valence-electron chi connectivity index (χ1n) is 13.1. The minimum Gasteiger partial charge on any atom is -0.490 e. The fourth-order valence-electron chi connectivity index (χ4n) is 4.51. The maximum atomic E-state index is 13.2. The van der Waals surface area contributed by atoms with E-state index in [0.717, 1.165) is 6.20 Å². The summed E-state index contributed by atoms with van der Waals surface area (Å²) in [5, 5.41) is 0. The van der Waals surface area contributed by atoms with Crippen LogP contribution in [0.15, 0.2) is 107 Å². The zero-order valence-corrected chi connectivity index (χ0v) is 22.8. The van der Waals surface area contributed by atoms with Crippen molar-refractivity contribution >= 4 is 17.9 Å². The lowest BCUT2D eigenvalue weighted by molar-refractivity contribution is -0.0655. The molecule has 1 aliphatic rings. The van der Waals surface area contributed by atoms with E-state index >= 15 is 0 Å². The molecule has 0 amide bonds. The smallest absolute Gasteiger partial charge is 0.338 e. The van der Waals surface area contributed by atoms with Gasteiger partial charge in [0.15, 0.2) is 18.4 Å². The van der Waals surface area contributed by atoms with Crippen molar-refractivity contribution in [2.45, 2.75) is 24.5 Å². The van der Waals surface area contributed by atoms with Crippen molar-refractivity contribution in [1.29, 1.82) is 0 Å². The van der Waals surface area contributed by atoms with Crippen molar-refractivity contribution in [2.75, 3.05) is 13.7 Å². The molecule has 1 N–H and O–H groups in total. The molecule has 3 aromatic carbocycles. The van der Waals surface area contributed by atoms with Crippen LogP contribution < -0.4 is 16.0 Å². The molecule has 0 unspecified atom stereocenters. The zero-order valence-electron chi connectivity index (χ0n) is 22.8. The first kappa shape index (κ1) is 29.0. The van der Waals surface area contributed by atoms with E-state index in [-0.39, 0.29) is 22.4 Å². The molecular formula is C31H26N2O10. The molecule has 0 bridgehead atoms. The summed E-state index contributed by atoms with van der Waals surface area (Å²) in [6.45, 7) is -0.479. The van der Waals surface area contributed by atoms with Gasteiger partial charge in [0.25, 0.3) is 0 Å². The number of hydrogen-bond donors (Lipinski definition) is 1. The molecule has 43 heavy (non-hydrogen) atoms. The molecule has 4 aromatic rings. The van der Waals surface area contributed by atoms with E-state index in [1.165, 1.54) is 31.4 Å². The molecule has 4 atom stereocenters. The molecule has 0 saturated carbocycles. The predicted octanol–water partition coefficient (Wildman–Crippen LogP) is 2.75. The highest BCUT2D eigenvalue weighted by Crippen LogP contribution is 2.34. The Kier molecular flexibility index (Phi) is 8.77. The Morgan fingerprint density at radius 1 is 0.744 bits per heavy atom. The Balaban J connectivity index is 1.54. The summed E-state index contributed by atoms with van der Waals surface area (Å²) in [5.41, 5.74) is -1.23. The van der Waals surface area contributed by atoms with Crippen molar-refractivity contribution in [2.24, 2.45) is 0 Å². The Hall–Kier alpha value is -5.49. The number of nitrogens with zero attached hydrogens (tertiary/aromatic N) is 1. The number of methoxy groups -OCH3 is 1. The number of aromatic nitrogens is 2. The average Bonchev–Trinajstić information content (AvgIpc) is 3.36. The lowest BCUT2D eigenvalue weighted by Gasteiger charge is -2.25. The predicted molar refractivity (Wildman–Crippen MR) is 150 cm³/mol. The maximum Gasteiger partial charge on any atom is 0.338 e. The van der Waals surface area contributed by atoms with Gasteiger partial charge in [0, 0.05) is 0 Å². The normalized spacial score (nSPS) is 19.3. The van der Waals surface area contributed by atoms with E-state index in [1.807, 2.05) is 0 Å². The van der Waals surface area contributed by atoms with Gasteiger partial charge in [-0.25, -0.2) is 23.7 Å². The number of H-pyrrole nitrogens is 1. The molecule has 12 heteroatoms. The zero-order chi connectivity index (χ0) is 30.3. The van der Waals surface area contributed by atoms with E-state index in [1.54, 1.807) is 66.7 Å². The van der Waals surface area contributed by atoms with Crippen LogP contribution in [0.3, 0.4) is 0 Å². The van der Waals surface area contributed by atoms with E-state index in [2.05, 4.69) is 4.98 Å². The van der Waals surface area contributed by atoms with Gasteiger partial charge in [-0.05, 0) is 36.4 Å². The van der Waals surface area contributed by atoms with Crippen LogP contribution >= 0.6 is 0 Å². The molecule has 0 aliphatic carbocycles. The average molecular weight is 587 g/mol. The lowest BCUT2D eigenvalue weighted by atomic mass is 10.1. The summed E-state index contributed by atoms with van der Waals surface area (Å²) in [4.78, 5) is 67.7. The van der Waals surface area contributed by atoms with Crippen molar-refractivity contribution in [3.63, 3.8) is 0 Å². The number of carbonyl (C=O) groups is 3. The summed E-state index contributed by atoms with van der Waals surface area (Å²) >= 11 is 0. The van der Waals surface area contributed by atoms with Crippen molar-refractivity contribution in [1.82, 2.24) is 9.55 Å². The van der Waals surface area contributed by atoms with Gasteiger partial charge in [0.1, 0.15) is 12.7 Å². The Morgan fingerprint density at radius 3 is 1.74 bits per heavy atom. The Bertz CT molecular complexity index is 1700. The van der Waals surface area contributed by atoms with Crippen molar-refractivity contribution in [3.05, 3.63) is 135 Å². The number of esters is 3. The number of aromatic amines is 1. The fraction of sp³-hybridized carbons (Fsp3) is 0.194. The lowest BCUT2D eigenvalue weighted by Crippen LogP contribution is -2.45. The second kappa shape index (κ2) is 13.0. The second-order valence-corrected chi connectivity index (χ2v) is 9.34. The molecule has 5 rings (SSSR count). The van der Waals surface area contributed by atoms with Gasteiger partial charge in [0.2, 0.25) is 5.75 Å². The van der Waals surface area contributed by atoms with Crippen molar-refractivity contribution in [3.8, 4) is 5.75 Å². The van der Waals surface area contributed by atoms with Gasteiger partial charge in [-0.2, -0.15) is 0 Å². The monoisotopic (exact) mass is 586 g/mol. The van der Waals surface area contributed by atoms with E-state index in [9.17, 15) is 24.0 Å². The van der Waals surface area contributed by atoms with Gasteiger partial charge in [-0.1, -0.05) is 54.6 Å². The number of benzene rings is 3. The molecule has 1 fully saturated rings. The molecule has 1 saturated heterocycles. The standard InChI is InChI=1S/C31H26N2O10/c1-39-22-17-32-31(38)33(26(22)34)27-25(43-30(37)21-15-9-4-10-16-21)24(42-29(36)20-13-7-3-8-14-20)23(41-27)18-40-28(35)19-11-5-2-6-12-19/h2-17,23-25,27H,18H2,1H3,(H,32,38)/t23-,24-,25-,27-/m1/s1. The van der Waals surface area contributed by atoms with Gasteiger partial charge >= 0.3 is 29.2 Å². The fourth-order valence-corrected chi connectivity index (χ4v) is 4.51. The van der Waals surface area contributed by atoms with Crippen LogP contribution in [0.4, 0.5) is 0 Å². The summed E-state index contributed by atoms with van der Waals surface area (Å²) < 4.78 is 28.8.